The molecule has 2 aromatic heterocycles. The predicted octanol–water partition coefficient (Wildman–Crippen LogP) is 4.92. The van der Waals surface area contributed by atoms with E-state index in [0.29, 0.717) is 45.3 Å². The topological polar surface area (TPSA) is 92.5 Å². The zero-order valence-electron chi connectivity index (χ0n) is 19.3. The molecule has 0 aliphatic carbocycles. The maximum absolute atomic E-state index is 12.8. The summed E-state index contributed by atoms with van der Waals surface area (Å²) in [6.07, 6.45) is -4.07. The van der Waals surface area contributed by atoms with E-state index in [0.717, 1.165) is 5.52 Å². The number of aliphatic hydroxyl groups is 1. The largest absolute Gasteiger partial charge is 0.573 e. The number of benzene rings is 2. The molecule has 186 valence electrons. The average Bonchev–Trinajstić information content (AvgIpc) is 3.34. The van der Waals surface area contributed by atoms with Crippen molar-refractivity contribution >= 4 is 49.6 Å². The Hall–Kier alpha value is -3.38. The van der Waals surface area contributed by atoms with Gasteiger partial charge in [-0.15, -0.1) is 13.2 Å². The first kappa shape index (κ1) is 24.7. The summed E-state index contributed by atoms with van der Waals surface area (Å²) < 4.78 is 43.8. The molecule has 1 amide bonds. The molecule has 0 bridgehead atoms. The van der Waals surface area contributed by atoms with Crippen LogP contribution in [0, 0.1) is 5.92 Å². The summed E-state index contributed by atoms with van der Waals surface area (Å²) in [5.41, 5.74) is 2.43. The van der Waals surface area contributed by atoms with Crippen LogP contribution in [0.1, 0.15) is 23.7 Å². The summed E-state index contributed by atoms with van der Waals surface area (Å²) in [6, 6.07) is 9.23. The number of ether oxygens (including phenoxy) is 1. The highest BCUT2D eigenvalue weighted by molar-refractivity contribution is 7.22. The number of nitrogens with zero attached hydrogens (tertiary/aromatic N) is 4. The van der Waals surface area contributed by atoms with E-state index in [1.165, 1.54) is 29.5 Å². The highest BCUT2D eigenvalue weighted by atomic mass is 32.1. The Bertz CT molecular complexity index is 1370. The quantitative estimate of drug-likeness (QED) is 0.352. The van der Waals surface area contributed by atoms with Gasteiger partial charge in [0.05, 0.1) is 21.3 Å². The molecule has 12 heteroatoms. The zero-order valence-corrected chi connectivity index (χ0v) is 20.1. The van der Waals surface area contributed by atoms with Gasteiger partial charge in [-0.2, -0.15) is 0 Å². The van der Waals surface area contributed by atoms with Crippen molar-refractivity contribution in [3.05, 3.63) is 42.0 Å². The SMILES string of the molecule is C[C@@H](CO)CCN(C)C(=O)c1ccc2c(c1)nc(Nc1nc3ccc(OC(F)(F)F)cc3s1)n2C. The molecule has 4 rings (SSSR count). The number of hydrogen-bond donors (Lipinski definition) is 2. The van der Waals surface area contributed by atoms with Crippen molar-refractivity contribution in [3.8, 4) is 5.75 Å². The Morgan fingerprint density at radius 1 is 1.23 bits per heavy atom. The lowest BCUT2D eigenvalue weighted by atomic mass is 10.1. The monoisotopic (exact) mass is 507 g/mol. The van der Waals surface area contributed by atoms with Crippen LogP contribution < -0.4 is 10.1 Å². The number of amides is 1. The van der Waals surface area contributed by atoms with Gasteiger partial charge in [0.1, 0.15) is 5.75 Å². The minimum atomic E-state index is -4.76. The molecule has 0 spiro atoms. The zero-order chi connectivity index (χ0) is 25.3. The number of aliphatic hydroxyl groups excluding tert-OH is 1. The highest BCUT2D eigenvalue weighted by Gasteiger charge is 2.31. The van der Waals surface area contributed by atoms with Crippen LogP contribution in [0.15, 0.2) is 36.4 Å². The van der Waals surface area contributed by atoms with Crippen molar-refractivity contribution in [2.24, 2.45) is 13.0 Å². The van der Waals surface area contributed by atoms with E-state index >= 15 is 0 Å². The van der Waals surface area contributed by atoms with Crippen molar-refractivity contribution in [1.82, 2.24) is 19.4 Å². The Labute approximate surface area is 203 Å². The molecule has 0 unspecified atom stereocenters. The Kier molecular flexibility index (Phi) is 6.86. The first-order valence-corrected chi connectivity index (χ1v) is 11.6. The number of halogens is 3. The van der Waals surface area contributed by atoms with Crippen LogP contribution in [-0.4, -0.2) is 57.0 Å². The Balaban J connectivity index is 1.53. The number of aryl methyl sites for hydroxylation is 1. The number of aromatic nitrogens is 3. The number of nitrogens with one attached hydrogen (secondary N) is 1. The summed E-state index contributed by atoms with van der Waals surface area (Å²) in [5.74, 6) is 0.139. The van der Waals surface area contributed by atoms with Gasteiger partial charge in [-0.3, -0.25) is 4.79 Å². The molecule has 0 radical (unpaired) electrons. The maximum Gasteiger partial charge on any atom is 0.573 e. The van der Waals surface area contributed by atoms with Gasteiger partial charge in [-0.1, -0.05) is 18.3 Å². The van der Waals surface area contributed by atoms with Gasteiger partial charge in [0, 0.05) is 38.9 Å². The molecule has 4 aromatic rings. The molecule has 8 nitrogen and oxygen atoms in total. The van der Waals surface area contributed by atoms with Crippen molar-refractivity contribution in [1.29, 1.82) is 0 Å². The molecule has 0 aliphatic rings. The Morgan fingerprint density at radius 2 is 2.00 bits per heavy atom. The van der Waals surface area contributed by atoms with Crippen LogP contribution in [0.5, 0.6) is 5.75 Å². The number of anilines is 2. The van der Waals surface area contributed by atoms with Crippen molar-refractivity contribution in [3.63, 3.8) is 0 Å². The number of imidazole rings is 1. The minimum Gasteiger partial charge on any atom is -0.406 e. The molecule has 35 heavy (non-hydrogen) atoms. The van der Waals surface area contributed by atoms with Crippen LogP contribution in [0.4, 0.5) is 24.3 Å². The van der Waals surface area contributed by atoms with Crippen molar-refractivity contribution in [2.75, 3.05) is 25.5 Å². The fourth-order valence-corrected chi connectivity index (χ4v) is 4.41. The fraction of sp³-hybridized carbons (Fsp3) is 0.348. The molecular formula is C23H24F3N5O3S. The minimum absolute atomic E-state index is 0.0782. The lowest BCUT2D eigenvalue weighted by Gasteiger charge is -2.19. The van der Waals surface area contributed by atoms with Gasteiger partial charge in [0.15, 0.2) is 5.13 Å². The van der Waals surface area contributed by atoms with Crippen molar-refractivity contribution < 1.29 is 27.8 Å². The molecule has 0 saturated carbocycles. The molecular weight excluding hydrogens is 483 g/mol. The van der Waals surface area contributed by atoms with Crippen molar-refractivity contribution in [2.45, 2.75) is 19.7 Å². The molecule has 2 N–H and O–H groups in total. The molecule has 0 aliphatic heterocycles. The number of rotatable bonds is 8. The molecule has 2 heterocycles. The standard InChI is InChI=1S/C23H24F3N5O3S/c1-13(12-32)8-9-30(2)20(33)14-4-7-18-17(10-14)27-21(31(18)3)29-22-28-16-6-5-15(11-19(16)35-22)34-23(24,25)26/h4-7,10-11,13,32H,8-9,12H2,1-3H3,(H,27,28,29)/t13-/m1/s1. The van der Waals surface area contributed by atoms with Gasteiger partial charge in [-0.05, 0) is 42.7 Å². The van der Waals surface area contributed by atoms with Gasteiger partial charge in [0.2, 0.25) is 5.95 Å². The van der Waals surface area contributed by atoms with Crippen LogP contribution in [0.3, 0.4) is 0 Å². The molecule has 2 aromatic carbocycles. The van der Waals surface area contributed by atoms with Gasteiger partial charge < -0.3 is 24.6 Å². The third-order valence-electron chi connectivity index (χ3n) is 5.56. The number of carbonyl (C=O) groups is 1. The van der Waals surface area contributed by atoms with Gasteiger partial charge in [0.25, 0.3) is 5.91 Å². The third-order valence-corrected chi connectivity index (χ3v) is 6.49. The van der Waals surface area contributed by atoms with E-state index in [1.807, 2.05) is 20.0 Å². The highest BCUT2D eigenvalue weighted by Crippen LogP contribution is 2.33. The van der Waals surface area contributed by atoms with E-state index in [2.05, 4.69) is 20.0 Å². The lowest BCUT2D eigenvalue weighted by molar-refractivity contribution is -0.274. The maximum atomic E-state index is 12.8. The van der Waals surface area contributed by atoms with E-state index in [-0.39, 0.29) is 24.2 Å². The van der Waals surface area contributed by atoms with Crippen LogP contribution in [0.2, 0.25) is 0 Å². The summed E-state index contributed by atoms with van der Waals surface area (Å²) in [5, 5.41) is 12.7. The van der Waals surface area contributed by atoms with E-state index in [9.17, 15) is 23.1 Å². The summed E-state index contributed by atoms with van der Waals surface area (Å²) in [7, 11) is 3.53. The second kappa shape index (κ2) is 9.70. The predicted molar refractivity (Wildman–Crippen MR) is 128 cm³/mol. The van der Waals surface area contributed by atoms with E-state index in [4.69, 9.17) is 0 Å². The number of fused-ring (bicyclic) bond motifs is 2. The summed E-state index contributed by atoms with van der Waals surface area (Å²) in [6.45, 7) is 2.53. The second-order valence-corrected chi connectivity index (χ2v) is 9.35. The molecule has 1 atom stereocenters. The summed E-state index contributed by atoms with van der Waals surface area (Å²) in [4.78, 5) is 23.4. The van der Waals surface area contributed by atoms with Gasteiger partial charge >= 0.3 is 6.36 Å². The van der Waals surface area contributed by atoms with E-state index < -0.39 is 6.36 Å². The number of thiazole rings is 1. The van der Waals surface area contributed by atoms with Crippen LogP contribution in [-0.2, 0) is 7.05 Å². The number of alkyl halides is 3. The summed E-state index contributed by atoms with van der Waals surface area (Å²) >= 11 is 1.17. The molecule has 0 fully saturated rings. The third kappa shape index (κ3) is 5.65. The average molecular weight is 508 g/mol. The first-order chi connectivity index (χ1) is 16.5. The van der Waals surface area contributed by atoms with Crippen LogP contribution in [0.25, 0.3) is 21.3 Å². The number of carbonyl (C=O) groups excluding carboxylic acids is 1. The second-order valence-electron chi connectivity index (χ2n) is 8.32. The smallest absolute Gasteiger partial charge is 0.406 e. The van der Waals surface area contributed by atoms with E-state index in [1.54, 1.807) is 28.6 Å². The first-order valence-electron chi connectivity index (χ1n) is 10.8. The number of hydrogen-bond acceptors (Lipinski definition) is 7. The normalized spacial score (nSPS) is 12.8. The van der Waals surface area contributed by atoms with Gasteiger partial charge in [-0.25, -0.2) is 9.97 Å². The lowest BCUT2D eigenvalue weighted by Crippen LogP contribution is -2.29. The van der Waals surface area contributed by atoms with Crippen LogP contribution >= 0.6 is 11.3 Å². The Morgan fingerprint density at radius 3 is 2.71 bits per heavy atom. The fourth-order valence-electron chi connectivity index (χ4n) is 3.52. The molecule has 0 saturated heterocycles.